The minimum Gasteiger partial charge on any atom is -0.369 e. The number of hydrogen-bond acceptors (Lipinski definition) is 5. The molecule has 2 aliphatic carbocycles. The monoisotopic (exact) mass is 463 g/mol. The van der Waals surface area contributed by atoms with Gasteiger partial charge in [0.1, 0.15) is 0 Å². The molecule has 0 spiro atoms. The van der Waals surface area contributed by atoms with E-state index in [1.807, 2.05) is 24.3 Å². The van der Waals surface area contributed by atoms with Crippen molar-refractivity contribution < 1.29 is 13.2 Å². The van der Waals surface area contributed by atoms with E-state index in [9.17, 15) is 13.2 Å². The van der Waals surface area contributed by atoms with E-state index in [4.69, 9.17) is 5.73 Å². The molecule has 6 nitrogen and oxygen atoms in total. The first-order valence-corrected chi connectivity index (χ1v) is 11.9. The molecule has 1 aromatic rings. The fraction of sp³-hybridized carbons (Fsp3) is 0.650. The zero-order valence-electron chi connectivity index (χ0n) is 16.5. The number of rotatable bonds is 3. The molecule has 0 radical (unpaired) electrons. The average molecular weight is 464 g/mol. The quantitative estimate of drug-likeness (QED) is 0.718. The zero-order chi connectivity index (χ0) is 19.0. The normalized spacial score (nSPS) is 30.4. The SMILES string of the molecule is Cl.Cl.NC1C2CCCC1CC(C(=O)Nc1cccc(N3CCS(=O)(=O)CC3)c1)C2. The van der Waals surface area contributed by atoms with Crippen molar-refractivity contribution >= 4 is 51.9 Å². The van der Waals surface area contributed by atoms with Crippen LogP contribution in [0.5, 0.6) is 0 Å². The Labute approximate surface area is 185 Å². The lowest BCUT2D eigenvalue weighted by Crippen LogP contribution is -2.48. The molecule has 3 N–H and O–H groups in total. The van der Waals surface area contributed by atoms with Crippen LogP contribution in [0.15, 0.2) is 24.3 Å². The van der Waals surface area contributed by atoms with Crippen LogP contribution in [0.25, 0.3) is 0 Å². The van der Waals surface area contributed by atoms with E-state index < -0.39 is 9.84 Å². The third-order valence-corrected chi connectivity index (χ3v) is 8.22. The summed E-state index contributed by atoms with van der Waals surface area (Å²) in [7, 11) is -2.90. The van der Waals surface area contributed by atoms with E-state index in [0.717, 1.165) is 37.1 Å². The highest BCUT2D eigenvalue weighted by Gasteiger charge is 2.40. The third kappa shape index (κ3) is 5.57. The van der Waals surface area contributed by atoms with Crippen LogP contribution in [0.3, 0.4) is 0 Å². The highest BCUT2D eigenvalue weighted by atomic mass is 35.5. The van der Waals surface area contributed by atoms with Gasteiger partial charge in [0.15, 0.2) is 9.84 Å². The number of nitrogens with zero attached hydrogens (tertiary/aromatic N) is 1. The highest BCUT2D eigenvalue weighted by molar-refractivity contribution is 7.91. The molecule has 1 aromatic carbocycles. The summed E-state index contributed by atoms with van der Waals surface area (Å²) >= 11 is 0. The second-order valence-corrected chi connectivity index (χ2v) is 10.7. The van der Waals surface area contributed by atoms with Gasteiger partial charge in [0.25, 0.3) is 0 Å². The van der Waals surface area contributed by atoms with Crippen LogP contribution in [0.4, 0.5) is 11.4 Å². The fourth-order valence-corrected chi connectivity index (χ4v) is 6.20. The minimum atomic E-state index is -2.90. The summed E-state index contributed by atoms with van der Waals surface area (Å²) in [6.07, 6.45) is 5.33. The fourth-order valence-electron chi connectivity index (χ4n) is 5.00. The van der Waals surface area contributed by atoms with Crippen LogP contribution >= 0.6 is 24.8 Å². The lowest BCUT2D eigenvalue weighted by molar-refractivity contribution is -0.122. The number of amides is 1. The first-order chi connectivity index (χ1) is 12.9. The van der Waals surface area contributed by atoms with Gasteiger partial charge in [-0.15, -0.1) is 24.8 Å². The van der Waals surface area contributed by atoms with E-state index >= 15 is 0 Å². The molecule has 1 amide bonds. The lowest BCUT2D eigenvalue weighted by Gasteiger charge is -2.43. The Morgan fingerprint density at radius 2 is 1.69 bits per heavy atom. The van der Waals surface area contributed by atoms with Crippen LogP contribution in [-0.4, -0.2) is 45.0 Å². The number of halogens is 2. The number of carbonyl (C=O) groups excluding carboxylic acids is 1. The Morgan fingerprint density at radius 1 is 1.07 bits per heavy atom. The first-order valence-electron chi connectivity index (χ1n) is 10.0. The largest absolute Gasteiger partial charge is 0.369 e. The third-order valence-electron chi connectivity index (χ3n) is 6.61. The summed E-state index contributed by atoms with van der Waals surface area (Å²) in [5.41, 5.74) is 8.09. The Bertz CT molecular complexity index is 793. The van der Waals surface area contributed by atoms with Crippen molar-refractivity contribution in [1.82, 2.24) is 0 Å². The second-order valence-electron chi connectivity index (χ2n) is 8.38. The summed E-state index contributed by atoms with van der Waals surface area (Å²) in [6, 6.07) is 8.00. The molecule has 4 rings (SSSR count). The predicted molar refractivity (Wildman–Crippen MR) is 122 cm³/mol. The Kier molecular flexibility index (Phi) is 8.24. The van der Waals surface area contributed by atoms with Crippen molar-refractivity contribution in [2.75, 3.05) is 34.8 Å². The summed E-state index contributed by atoms with van der Waals surface area (Å²) in [6.45, 7) is 1.01. The Hall–Kier alpha value is -1.02. The van der Waals surface area contributed by atoms with Gasteiger partial charge in [0.05, 0.1) is 11.5 Å². The number of sulfone groups is 1. The second kappa shape index (κ2) is 9.86. The molecular formula is C20H31Cl2N3O3S. The number of nitrogens with one attached hydrogen (secondary N) is 1. The van der Waals surface area contributed by atoms with Gasteiger partial charge >= 0.3 is 0 Å². The van der Waals surface area contributed by atoms with Crippen molar-refractivity contribution in [3.05, 3.63) is 24.3 Å². The van der Waals surface area contributed by atoms with Crippen LogP contribution in [0, 0.1) is 17.8 Å². The minimum absolute atomic E-state index is 0. The molecule has 9 heteroatoms. The summed E-state index contributed by atoms with van der Waals surface area (Å²) in [5.74, 6) is 1.48. The van der Waals surface area contributed by atoms with Gasteiger partial charge in [0.2, 0.25) is 5.91 Å². The number of hydrogen-bond donors (Lipinski definition) is 2. The van der Waals surface area contributed by atoms with Crippen molar-refractivity contribution in [2.45, 2.75) is 38.1 Å². The van der Waals surface area contributed by atoms with Crippen molar-refractivity contribution in [3.63, 3.8) is 0 Å². The maximum atomic E-state index is 12.8. The topological polar surface area (TPSA) is 92.5 Å². The van der Waals surface area contributed by atoms with Crippen LogP contribution in [0.2, 0.25) is 0 Å². The van der Waals surface area contributed by atoms with Crippen molar-refractivity contribution in [2.24, 2.45) is 23.5 Å². The molecule has 1 saturated heterocycles. The summed E-state index contributed by atoms with van der Waals surface area (Å²) < 4.78 is 23.3. The highest BCUT2D eigenvalue weighted by Crippen LogP contribution is 2.42. The lowest BCUT2D eigenvalue weighted by atomic mass is 9.65. The van der Waals surface area contributed by atoms with Gasteiger partial charge in [-0.25, -0.2) is 8.42 Å². The predicted octanol–water partition coefficient (Wildman–Crippen LogP) is 2.86. The zero-order valence-corrected chi connectivity index (χ0v) is 18.9. The van der Waals surface area contributed by atoms with Gasteiger partial charge in [-0.05, 0) is 55.7 Å². The van der Waals surface area contributed by atoms with Gasteiger partial charge in [-0.2, -0.15) is 0 Å². The number of carbonyl (C=O) groups is 1. The molecule has 164 valence electrons. The first kappa shape index (κ1) is 24.3. The van der Waals surface area contributed by atoms with E-state index in [1.54, 1.807) is 0 Å². The van der Waals surface area contributed by atoms with Crippen LogP contribution in [-0.2, 0) is 14.6 Å². The van der Waals surface area contributed by atoms with Crippen molar-refractivity contribution in [3.8, 4) is 0 Å². The smallest absolute Gasteiger partial charge is 0.227 e. The molecule has 3 aliphatic rings. The molecule has 2 bridgehead atoms. The van der Waals surface area contributed by atoms with Crippen LogP contribution in [0.1, 0.15) is 32.1 Å². The average Bonchev–Trinajstić information content (AvgIpc) is 2.61. The number of anilines is 2. The molecule has 3 fully saturated rings. The van der Waals surface area contributed by atoms with Gasteiger partial charge in [-0.3, -0.25) is 4.79 Å². The van der Waals surface area contributed by atoms with Gasteiger partial charge < -0.3 is 16.0 Å². The van der Waals surface area contributed by atoms with Gasteiger partial charge in [-0.1, -0.05) is 12.5 Å². The molecule has 1 aliphatic heterocycles. The Balaban J connectivity index is 0.00000150. The molecule has 1 heterocycles. The van der Waals surface area contributed by atoms with E-state index in [0.29, 0.717) is 24.9 Å². The molecule has 2 atom stereocenters. The number of fused-ring (bicyclic) bond motifs is 2. The van der Waals surface area contributed by atoms with Gasteiger partial charge in [0, 0.05) is 36.4 Å². The van der Waals surface area contributed by atoms with Crippen molar-refractivity contribution in [1.29, 1.82) is 0 Å². The van der Waals surface area contributed by atoms with E-state index in [1.165, 1.54) is 6.42 Å². The Morgan fingerprint density at radius 3 is 2.31 bits per heavy atom. The molecular weight excluding hydrogens is 433 g/mol. The summed E-state index contributed by atoms with van der Waals surface area (Å²) in [5, 5.41) is 3.09. The summed E-state index contributed by atoms with van der Waals surface area (Å²) in [4.78, 5) is 14.9. The maximum Gasteiger partial charge on any atom is 0.227 e. The molecule has 0 aromatic heterocycles. The number of benzene rings is 1. The molecule has 29 heavy (non-hydrogen) atoms. The van der Waals surface area contributed by atoms with Crippen LogP contribution < -0.4 is 16.0 Å². The van der Waals surface area contributed by atoms with E-state index in [-0.39, 0.29) is 54.2 Å². The number of nitrogens with two attached hydrogens (primary N) is 1. The van der Waals surface area contributed by atoms with E-state index in [2.05, 4.69) is 10.2 Å². The molecule has 2 unspecified atom stereocenters. The maximum absolute atomic E-state index is 12.8. The molecule has 2 saturated carbocycles. The standard InChI is InChI=1S/C20H29N3O3S.2ClH/c21-19-14-3-1-4-15(19)12-16(11-14)20(24)22-17-5-2-6-18(13-17)23-7-9-27(25,26)10-8-23;;/h2,5-6,13-16,19H,1,3-4,7-12,21H2,(H,22,24);2*1H.